The summed E-state index contributed by atoms with van der Waals surface area (Å²) in [6.07, 6.45) is 0. The van der Waals surface area contributed by atoms with Crippen LogP contribution in [0.5, 0.6) is 5.75 Å². The molecule has 2 heterocycles. The number of rotatable bonds is 9. The van der Waals surface area contributed by atoms with Gasteiger partial charge in [0.05, 0.1) is 25.5 Å². The molecule has 0 unspecified atom stereocenters. The minimum absolute atomic E-state index is 0.0399. The normalized spacial score (nSPS) is 14.2. The number of thiazole rings is 1. The summed E-state index contributed by atoms with van der Waals surface area (Å²) < 4.78 is 11.5. The van der Waals surface area contributed by atoms with Gasteiger partial charge in [0.25, 0.3) is 5.91 Å². The maximum atomic E-state index is 13.4. The van der Waals surface area contributed by atoms with Gasteiger partial charge in [0.2, 0.25) is 0 Å². The fourth-order valence-electron chi connectivity index (χ4n) is 4.00. The van der Waals surface area contributed by atoms with Gasteiger partial charge in [-0.25, -0.2) is 4.98 Å². The highest BCUT2D eigenvalue weighted by atomic mass is 32.1. The summed E-state index contributed by atoms with van der Waals surface area (Å²) in [4.78, 5) is 22.4. The van der Waals surface area contributed by atoms with Crippen molar-refractivity contribution in [1.82, 2.24) is 14.8 Å². The Labute approximate surface area is 206 Å². The van der Waals surface area contributed by atoms with Crippen LogP contribution in [0.25, 0.3) is 0 Å². The van der Waals surface area contributed by atoms with Crippen molar-refractivity contribution in [3.8, 4) is 5.75 Å². The van der Waals surface area contributed by atoms with E-state index in [1.165, 1.54) is 5.56 Å². The molecule has 0 atom stereocenters. The first-order valence-electron chi connectivity index (χ1n) is 11.8. The smallest absolute Gasteiger partial charge is 0.254 e. The zero-order valence-electron chi connectivity index (χ0n) is 20.3. The molecule has 4 rings (SSSR count). The van der Waals surface area contributed by atoms with Gasteiger partial charge in [0, 0.05) is 37.1 Å². The molecule has 7 heteroatoms. The lowest BCUT2D eigenvalue weighted by atomic mass is 10.1. The Morgan fingerprint density at radius 1 is 1.15 bits per heavy atom. The number of hydrogen-bond donors (Lipinski definition) is 0. The average molecular weight is 480 g/mol. The van der Waals surface area contributed by atoms with E-state index in [1.54, 1.807) is 11.3 Å². The molecule has 0 saturated carbocycles. The van der Waals surface area contributed by atoms with E-state index in [0.29, 0.717) is 19.7 Å². The minimum atomic E-state index is 0.0399. The highest BCUT2D eigenvalue weighted by Crippen LogP contribution is 2.23. The third-order valence-corrected chi connectivity index (χ3v) is 7.07. The van der Waals surface area contributed by atoms with Gasteiger partial charge in [-0.1, -0.05) is 29.8 Å². The van der Waals surface area contributed by atoms with Crippen LogP contribution in [0.15, 0.2) is 47.8 Å². The Morgan fingerprint density at radius 2 is 1.94 bits per heavy atom. The predicted molar refractivity (Wildman–Crippen MR) is 136 cm³/mol. The number of aromatic nitrogens is 1. The number of carbonyl (C=O) groups excluding carboxylic acids is 1. The van der Waals surface area contributed by atoms with Crippen LogP contribution in [0.4, 0.5) is 0 Å². The van der Waals surface area contributed by atoms with E-state index in [2.05, 4.69) is 24.8 Å². The lowest BCUT2D eigenvalue weighted by Crippen LogP contribution is -2.43. The monoisotopic (exact) mass is 479 g/mol. The Bertz CT molecular complexity index is 1110. The van der Waals surface area contributed by atoms with Gasteiger partial charge in [0.15, 0.2) is 0 Å². The molecule has 1 aromatic heterocycles. The van der Waals surface area contributed by atoms with E-state index < -0.39 is 0 Å². The van der Waals surface area contributed by atoms with Gasteiger partial charge >= 0.3 is 0 Å². The molecule has 180 valence electrons. The number of nitrogens with zero attached hydrogens (tertiary/aromatic N) is 3. The maximum absolute atomic E-state index is 13.4. The zero-order chi connectivity index (χ0) is 23.9. The number of hydrogen-bond acceptors (Lipinski definition) is 6. The molecule has 3 aromatic rings. The van der Waals surface area contributed by atoms with E-state index >= 15 is 0 Å². The van der Waals surface area contributed by atoms with Crippen LogP contribution in [-0.4, -0.2) is 60.1 Å². The first kappa shape index (κ1) is 24.4. The van der Waals surface area contributed by atoms with Gasteiger partial charge in [-0.2, -0.15) is 0 Å². The molecule has 1 aliphatic rings. The molecular weight excluding hydrogens is 446 g/mol. The quantitative estimate of drug-likeness (QED) is 0.448. The highest BCUT2D eigenvalue weighted by molar-refractivity contribution is 7.09. The third-order valence-electron chi connectivity index (χ3n) is 6.20. The largest absolute Gasteiger partial charge is 0.486 e. The number of aryl methyl sites for hydroxylation is 2. The van der Waals surface area contributed by atoms with Crippen LogP contribution in [0, 0.1) is 20.8 Å². The van der Waals surface area contributed by atoms with Gasteiger partial charge in [0.1, 0.15) is 17.4 Å². The second kappa shape index (κ2) is 11.6. The van der Waals surface area contributed by atoms with Crippen LogP contribution in [-0.2, 0) is 17.9 Å². The molecule has 1 saturated heterocycles. The lowest BCUT2D eigenvalue weighted by molar-refractivity contribution is 0.0319. The van der Waals surface area contributed by atoms with E-state index in [-0.39, 0.29) is 5.91 Å². The molecule has 34 heavy (non-hydrogen) atoms. The van der Waals surface area contributed by atoms with Gasteiger partial charge in [-0.3, -0.25) is 9.69 Å². The topological polar surface area (TPSA) is 54.9 Å². The van der Waals surface area contributed by atoms with Crippen molar-refractivity contribution in [2.75, 3.05) is 39.4 Å². The summed E-state index contributed by atoms with van der Waals surface area (Å²) in [6, 6.07) is 13.9. The molecule has 0 N–H and O–H groups in total. The first-order valence-corrected chi connectivity index (χ1v) is 12.7. The minimum Gasteiger partial charge on any atom is -0.486 e. The highest BCUT2D eigenvalue weighted by Gasteiger charge is 2.20. The van der Waals surface area contributed by atoms with Crippen molar-refractivity contribution in [2.45, 2.75) is 33.9 Å². The summed E-state index contributed by atoms with van der Waals surface area (Å²) in [5.74, 6) is 0.927. The number of benzene rings is 2. The number of amides is 1. The fraction of sp³-hybridized carbons (Fsp3) is 0.407. The summed E-state index contributed by atoms with van der Waals surface area (Å²) in [7, 11) is 0. The number of ether oxygens (including phenoxy) is 2. The summed E-state index contributed by atoms with van der Waals surface area (Å²) >= 11 is 1.58. The van der Waals surface area contributed by atoms with Crippen molar-refractivity contribution in [3.63, 3.8) is 0 Å². The second-order valence-electron chi connectivity index (χ2n) is 8.77. The summed E-state index contributed by atoms with van der Waals surface area (Å²) in [6.45, 7) is 11.9. The van der Waals surface area contributed by atoms with Gasteiger partial charge < -0.3 is 14.4 Å². The van der Waals surface area contributed by atoms with E-state index in [0.717, 1.165) is 66.0 Å². The summed E-state index contributed by atoms with van der Waals surface area (Å²) in [5.41, 5.74) is 5.06. The van der Waals surface area contributed by atoms with Gasteiger partial charge in [-0.05, 0) is 50.1 Å². The molecular formula is C27H33N3O3S. The SMILES string of the molecule is Cc1cccc(C(=O)N(CCN2CCOCC2)Cc2csc(COc3cccc(C)c3C)n2)c1. The first-order chi connectivity index (χ1) is 16.5. The Balaban J connectivity index is 1.43. The molecule has 0 radical (unpaired) electrons. The number of morpholine rings is 1. The standard InChI is InChI=1S/C27H33N3O3S/c1-20-6-4-8-23(16-20)27(31)30(11-10-29-12-14-32-15-13-29)17-24-19-34-26(28-24)18-33-25-9-5-7-21(2)22(25)3/h4-9,16,19H,10-15,17-18H2,1-3H3. The molecule has 1 amide bonds. The van der Waals surface area contributed by atoms with Crippen molar-refractivity contribution >= 4 is 17.2 Å². The van der Waals surface area contributed by atoms with Crippen molar-refractivity contribution in [2.24, 2.45) is 0 Å². The lowest BCUT2D eigenvalue weighted by Gasteiger charge is -2.30. The van der Waals surface area contributed by atoms with E-state index in [1.807, 2.05) is 53.6 Å². The van der Waals surface area contributed by atoms with Crippen molar-refractivity contribution < 1.29 is 14.3 Å². The fourth-order valence-corrected chi connectivity index (χ4v) is 4.70. The molecule has 2 aromatic carbocycles. The third kappa shape index (κ3) is 6.44. The Morgan fingerprint density at radius 3 is 2.74 bits per heavy atom. The Hall–Kier alpha value is -2.74. The molecule has 1 aliphatic heterocycles. The molecule has 1 fully saturated rings. The van der Waals surface area contributed by atoms with Crippen LogP contribution in [0.3, 0.4) is 0 Å². The van der Waals surface area contributed by atoms with Crippen LogP contribution in [0.1, 0.15) is 37.7 Å². The van der Waals surface area contributed by atoms with Crippen LogP contribution >= 0.6 is 11.3 Å². The van der Waals surface area contributed by atoms with Crippen LogP contribution < -0.4 is 4.74 Å². The molecule has 6 nitrogen and oxygen atoms in total. The molecule has 0 bridgehead atoms. The Kier molecular flexibility index (Phi) is 8.32. The number of carbonyl (C=O) groups is 1. The van der Waals surface area contributed by atoms with Crippen LogP contribution in [0.2, 0.25) is 0 Å². The van der Waals surface area contributed by atoms with E-state index in [4.69, 9.17) is 14.5 Å². The molecule has 0 spiro atoms. The average Bonchev–Trinajstić information content (AvgIpc) is 3.30. The zero-order valence-corrected chi connectivity index (χ0v) is 21.1. The maximum Gasteiger partial charge on any atom is 0.254 e. The predicted octanol–water partition coefficient (Wildman–Crippen LogP) is 4.62. The van der Waals surface area contributed by atoms with E-state index in [9.17, 15) is 4.79 Å². The molecule has 0 aliphatic carbocycles. The second-order valence-corrected chi connectivity index (χ2v) is 9.71. The summed E-state index contributed by atoms with van der Waals surface area (Å²) in [5, 5.41) is 2.94. The van der Waals surface area contributed by atoms with Crippen molar-refractivity contribution in [1.29, 1.82) is 0 Å². The van der Waals surface area contributed by atoms with Crippen molar-refractivity contribution in [3.05, 3.63) is 80.8 Å². The van der Waals surface area contributed by atoms with Gasteiger partial charge in [-0.15, -0.1) is 11.3 Å².